The van der Waals surface area contributed by atoms with Gasteiger partial charge in [-0.25, -0.2) is 4.98 Å². The quantitative estimate of drug-likeness (QED) is 0.610. The fourth-order valence-electron chi connectivity index (χ4n) is 2.87. The lowest BCUT2D eigenvalue weighted by Crippen LogP contribution is -2.00. The highest BCUT2D eigenvalue weighted by molar-refractivity contribution is 5.82. The Hall–Kier alpha value is -3.61. The topological polar surface area (TPSA) is 81.8 Å². The molecule has 0 spiro atoms. The molecule has 4 rings (SSSR count). The minimum absolute atomic E-state index is 0.0596. The normalized spacial score (nSPS) is 10.8. The van der Waals surface area contributed by atoms with Gasteiger partial charge < -0.3 is 14.6 Å². The fraction of sp³-hybridized carbons (Fsp3) is 0.105. The Morgan fingerprint density at radius 2 is 1.69 bits per heavy atom. The third-order valence-electron chi connectivity index (χ3n) is 4.16. The van der Waals surface area contributed by atoms with Gasteiger partial charge in [0.15, 0.2) is 11.5 Å². The number of nitrogens with zero attached hydrogens (tertiary/aromatic N) is 4. The van der Waals surface area contributed by atoms with Crippen molar-refractivity contribution in [1.29, 1.82) is 0 Å². The predicted octanol–water partition coefficient (Wildman–Crippen LogP) is 3.18. The molecule has 0 radical (unpaired) electrons. The molecule has 0 amide bonds. The highest BCUT2D eigenvalue weighted by atomic mass is 16.5. The number of hydrogen-bond donors (Lipinski definition) is 1. The minimum Gasteiger partial charge on any atom is -0.504 e. The van der Waals surface area contributed by atoms with Crippen LogP contribution in [0.4, 0.5) is 0 Å². The first kappa shape index (κ1) is 15.9. The molecule has 0 bridgehead atoms. The van der Waals surface area contributed by atoms with Crippen molar-refractivity contribution >= 4 is 5.78 Å². The highest BCUT2D eigenvalue weighted by Gasteiger charge is 2.16. The molecule has 0 aliphatic heterocycles. The van der Waals surface area contributed by atoms with Gasteiger partial charge in [0, 0.05) is 17.3 Å². The molecule has 7 heteroatoms. The molecule has 2 heterocycles. The SMILES string of the molecule is COc1ccc(-c2c(-c3ccc(OC)c(O)c3)cnc3ncnn23)cc1. The summed E-state index contributed by atoms with van der Waals surface area (Å²) in [6.45, 7) is 0. The maximum atomic E-state index is 10.2. The zero-order chi connectivity index (χ0) is 18.1. The Morgan fingerprint density at radius 3 is 2.38 bits per heavy atom. The van der Waals surface area contributed by atoms with E-state index in [1.807, 2.05) is 30.3 Å². The molecule has 0 aliphatic carbocycles. The molecule has 0 unspecified atom stereocenters. The van der Waals surface area contributed by atoms with E-state index in [-0.39, 0.29) is 5.75 Å². The molecule has 4 aromatic rings. The molecular formula is C19H16N4O3. The number of rotatable bonds is 4. The first-order valence-electron chi connectivity index (χ1n) is 7.92. The number of aromatic hydroxyl groups is 1. The summed E-state index contributed by atoms with van der Waals surface area (Å²) < 4.78 is 12.0. The Labute approximate surface area is 149 Å². The van der Waals surface area contributed by atoms with Crippen LogP contribution in [0.3, 0.4) is 0 Å². The van der Waals surface area contributed by atoms with Gasteiger partial charge in [0.05, 0.1) is 19.9 Å². The van der Waals surface area contributed by atoms with Gasteiger partial charge in [0.2, 0.25) is 0 Å². The molecule has 0 saturated heterocycles. The monoisotopic (exact) mass is 348 g/mol. The van der Waals surface area contributed by atoms with Crippen molar-refractivity contribution in [2.45, 2.75) is 0 Å². The zero-order valence-electron chi connectivity index (χ0n) is 14.2. The first-order chi connectivity index (χ1) is 12.7. The molecule has 2 aromatic carbocycles. The lowest BCUT2D eigenvalue weighted by Gasteiger charge is -2.13. The van der Waals surface area contributed by atoms with Crippen molar-refractivity contribution in [2.75, 3.05) is 14.2 Å². The summed E-state index contributed by atoms with van der Waals surface area (Å²) in [6.07, 6.45) is 3.19. The summed E-state index contributed by atoms with van der Waals surface area (Å²) in [4.78, 5) is 8.53. The molecule has 7 nitrogen and oxygen atoms in total. The van der Waals surface area contributed by atoms with E-state index >= 15 is 0 Å². The van der Waals surface area contributed by atoms with E-state index in [9.17, 15) is 5.11 Å². The second-order valence-electron chi connectivity index (χ2n) is 5.61. The van der Waals surface area contributed by atoms with E-state index in [4.69, 9.17) is 9.47 Å². The van der Waals surface area contributed by atoms with Crippen molar-refractivity contribution in [3.8, 4) is 39.6 Å². The number of phenols is 1. The molecule has 1 N–H and O–H groups in total. The van der Waals surface area contributed by atoms with Crippen molar-refractivity contribution in [2.24, 2.45) is 0 Å². The van der Waals surface area contributed by atoms with Crippen molar-refractivity contribution in [3.63, 3.8) is 0 Å². The molecule has 2 aromatic heterocycles. The lowest BCUT2D eigenvalue weighted by atomic mass is 10.00. The molecule has 130 valence electrons. The minimum atomic E-state index is 0.0596. The number of ether oxygens (including phenoxy) is 2. The zero-order valence-corrected chi connectivity index (χ0v) is 14.2. The lowest BCUT2D eigenvalue weighted by molar-refractivity contribution is 0.373. The van der Waals surface area contributed by atoms with Crippen LogP contribution in [0.15, 0.2) is 55.0 Å². The van der Waals surface area contributed by atoms with E-state index in [1.54, 1.807) is 30.0 Å². The van der Waals surface area contributed by atoms with Crippen LogP contribution >= 0.6 is 0 Å². The first-order valence-corrected chi connectivity index (χ1v) is 7.92. The van der Waals surface area contributed by atoms with Crippen LogP contribution in [0.5, 0.6) is 17.2 Å². The number of hydrogen-bond acceptors (Lipinski definition) is 6. The van der Waals surface area contributed by atoms with Crippen molar-refractivity contribution < 1.29 is 14.6 Å². The molecule has 0 fully saturated rings. The summed E-state index contributed by atoms with van der Waals surface area (Å²) in [5.74, 6) is 1.73. The van der Waals surface area contributed by atoms with Gasteiger partial charge in [-0.3, -0.25) is 0 Å². The highest BCUT2D eigenvalue weighted by Crippen LogP contribution is 2.36. The fourth-order valence-corrected chi connectivity index (χ4v) is 2.87. The average Bonchev–Trinajstić information content (AvgIpc) is 3.16. The second kappa shape index (κ2) is 6.36. The van der Waals surface area contributed by atoms with Crippen LogP contribution in [0.1, 0.15) is 0 Å². The third kappa shape index (κ3) is 2.59. The van der Waals surface area contributed by atoms with Gasteiger partial charge in [-0.1, -0.05) is 6.07 Å². The molecule has 0 atom stereocenters. The third-order valence-corrected chi connectivity index (χ3v) is 4.16. The van der Waals surface area contributed by atoms with Gasteiger partial charge in [-0.15, -0.1) is 0 Å². The summed E-state index contributed by atoms with van der Waals surface area (Å²) in [7, 11) is 3.14. The second-order valence-corrected chi connectivity index (χ2v) is 5.61. The number of aromatic nitrogens is 4. The van der Waals surface area contributed by atoms with Crippen LogP contribution in [0, 0.1) is 0 Å². The molecule has 0 saturated carbocycles. The van der Waals surface area contributed by atoms with E-state index in [1.165, 1.54) is 13.4 Å². The Kier molecular flexibility index (Phi) is 3.89. The van der Waals surface area contributed by atoms with Crippen molar-refractivity contribution in [1.82, 2.24) is 19.6 Å². The summed E-state index contributed by atoms with van der Waals surface area (Å²) in [6, 6.07) is 12.9. The largest absolute Gasteiger partial charge is 0.504 e. The van der Waals surface area contributed by atoms with E-state index in [0.717, 1.165) is 28.1 Å². The molecular weight excluding hydrogens is 332 g/mol. The van der Waals surface area contributed by atoms with Crippen LogP contribution in [0.25, 0.3) is 28.2 Å². The summed E-state index contributed by atoms with van der Waals surface area (Å²) in [5.41, 5.74) is 3.35. The number of benzene rings is 2. The molecule has 26 heavy (non-hydrogen) atoms. The Balaban J connectivity index is 1.96. The van der Waals surface area contributed by atoms with Crippen LogP contribution in [-0.4, -0.2) is 38.9 Å². The van der Waals surface area contributed by atoms with Gasteiger partial charge in [0.1, 0.15) is 12.1 Å². The van der Waals surface area contributed by atoms with Gasteiger partial charge >= 0.3 is 0 Å². The predicted molar refractivity (Wildman–Crippen MR) is 96.4 cm³/mol. The Bertz CT molecular complexity index is 1070. The van der Waals surface area contributed by atoms with Crippen LogP contribution < -0.4 is 9.47 Å². The summed E-state index contributed by atoms with van der Waals surface area (Å²) >= 11 is 0. The summed E-state index contributed by atoms with van der Waals surface area (Å²) in [5, 5.41) is 14.5. The number of phenolic OH excluding ortho intramolecular Hbond substituents is 1. The maximum Gasteiger partial charge on any atom is 0.252 e. The van der Waals surface area contributed by atoms with E-state index < -0.39 is 0 Å². The molecule has 0 aliphatic rings. The van der Waals surface area contributed by atoms with E-state index in [0.29, 0.717) is 11.5 Å². The number of methoxy groups -OCH3 is 2. The Morgan fingerprint density at radius 1 is 0.923 bits per heavy atom. The van der Waals surface area contributed by atoms with Crippen LogP contribution in [0.2, 0.25) is 0 Å². The number of fused-ring (bicyclic) bond motifs is 1. The van der Waals surface area contributed by atoms with Gasteiger partial charge in [-0.05, 0) is 42.0 Å². The van der Waals surface area contributed by atoms with Crippen LogP contribution in [-0.2, 0) is 0 Å². The van der Waals surface area contributed by atoms with E-state index in [2.05, 4.69) is 15.1 Å². The smallest absolute Gasteiger partial charge is 0.252 e. The van der Waals surface area contributed by atoms with Gasteiger partial charge in [-0.2, -0.15) is 14.6 Å². The maximum absolute atomic E-state index is 10.2. The van der Waals surface area contributed by atoms with Gasteiger partial charge in [0.25, 0.3) is 5.78 Å². The average molecular weight is 348 g/mol. The standard InChI is InChI=1S/C19H16N4O3/c1-25-14-6-3-12(4-7-14)18-15(10-20-19-21-11-22-23(18)19)13-5-8-17(26-2)16(24)9-13/h3-11,24H,1-2H3. The van der Waals surface area contributed by atoms with Crippen molar-refractivity contribution in [3.05, 3.63) is 55.0 Å².